The van der Waals surface area contributed by atoms with Crippen LogP contribution in [0.1, 0.15) is 31.4 Å². The molecule has 0 saturated carbocycles. The van der Waals surface area contributed by atoms with Crippen molar-refractivity contribution < 1.29 is 9.05 Å². The summed E-state index contributed by atoms with van der Waals surface area (Å²) >= 11 is 0. The minimum atomic E-state index is -0.971. The molecule has 2 aromatic carbocycles. The molecule has 0 N–H and O–H groups in total. The average molecular weight is 316 g/mol. The van der Waals surface area contributed by atoms with Crippen LogP contribution >= 0.6 is 8.38 Å². The third-order valence-electron chi connectivity index (χ3n) is 3.28. The van der Waals surface area contributed by atoms with Gasteiger partial charge in [0.2, 0.25) is 0 Å². The molecule has 0 atom stereocenters. The van der Waals surface area contributed by atoms with Crippen LogP contribution in [0.4, 0.5) is 0 Å². The number of aryl methyl sites for hydroxylation is 2. The van der Waals surface area contributed by atoms with Crippen LogP contribution in [0, 0.1) is 19.8 Å². The Morgan fingerprint density at radius 3 is 1.77 bits per heavy atom. The lowest BCUT2D eigenvalue weighted by Gasteiger charge is -2.20. The van der Waals surface area contributed by atoms with Gasteiger partial charge in [0.1, 0.15) is 11.5 Å². The highest BCUT2D eigenvalue weighted by Gasteiger charge is 2.16. The number of hydrogen-bond donors (Lipinski definition) is 0. The van der Waals surface area contributed by atoms with Crippen LogP contribution in [0.2, 0.25) is 0 Å². The van der Waals surface area contributed by atoms with Crippen molar-refractivity contribution in [2.24, 2.45) is 5.92 Å². The van der Waals surface area contributed by atoms with E-state index in [-0.39, 0.29) is 0 Å². The van der Waals surface area contributed by atoms with Crippen LogP contribution in [0.25, 0.3) is 0 Å². The minimum absolute atomic E-state index is 0.646. The molecule has 0 aliphatic rings. The van der Waals surface area contributed by atoms with Crippen LogP contribution < -0.4 is 9.05 Å². The molecule has 2 aromatic rings. The molecule has 0 bridgehead atoms. The van der Waals surface area contributed by atoms with Crippen molar-refractivity contribution in [3.63, 3.8) is 0 Å². The monoisotopic (exact) mass is 316 g/mol. The van der Waals surface area contributed by atoms with Gasteiger partial charge in [0.05, 0.1) is 0 Å². The maximum Gasteiger partial charge on any atom is 0.290 e. The maximum atomic E-state index is 6.13. The van der Waals surface area contributed by atoms with Gasteiger partial charge in [-0.1, -0.05) is 38.1 Å². The fourth-order valence-corrected chi connectivity index (χ4v) is 3.70. The largest absolute Gasteiger partial charge is 0.439 e. The summed E-state index contributed by atoms with van der Waals surface area (Å²) in [5.74, 6) is 2.43. The highest BCUT2D eigenvalue weighted by Crippen LogP contribution is 2.41. The molecule has 0 heterocycles. The van der Waals surface area contributed by atoms with Gasteiger partial charge >= 0.3 is 0 Å². The zero-order valence-electron chi connectivity index (χ0n) is 13.9. The van der Waals surface area contributed by atoms with Crippen LogP contribution in [-0.4, -0.2) is 6.16 Å². The predicted octanol–water partition coefficient (Wildman–Crippen LogP) is 6.12. The molecular formula is C19H25O2P. The molecule has 0 radical (unpaired) electrons. The molecule has 22 heavy (non-hydrogen) atoms. The van der Waals surface area contributed by atoms with Gasteiger partial charge in [0.15, 0.2) is 0 Å². The minimum Gasteiger partial charge on any atom is -0.439 e. The second-order valence-corrected chi connectivity index (χ2v) is 7.53. The predicted molar refractivity (Wildman–Crippen MR) is 94.9 cm³/mol. The van der Waals surface area contributed by atoms with Crippen LogP contribution in [0.3, 0.4) is 0 Å². The number of benzene rings is 2. The smallest absolute Gasteiger partial charge is 0.290 e. The first kappa shape index (κ1) is 16.8. The summed E-state index contributed by atoms with van der Waals surface area (Å²) < 4.78 is 12.3. The first-order valence-electron chi connectivity index (χ1n) is 7.80. The van der Waals surface area contributed by atoms with Crippen LogP contribution in [-0.2, 0) is 0 Å². The Morgan fingerprint density at radius 2 is 1.36 bits per heavy atom. The van der Waals surface area contributed by atoms with Gasteiger partial charge in [-0.25, -0.2) is 0 Å². The van der Waals surface area contributed by atoms with E-state index in [2.05, 4.69) is 52.0 Å². The van der Waals surface area contributed by atoms with Gasteiger partial charge in [-0.3, -0.25) is 0 Å². The summed E-state index contributed by atoms with van der Waals surface area (Å²) in [4.78, 5) is 0. The van der Waals surface area contributed by atoms with Crippen molar-refractivity contribution in [3.05, 3.63) is 59.7 Å². The zero-order valence-corrected chi connectivity index (χ0v) is 14.8. The third-order valence-corrected chi connectivity index (χ3v) is 4.73. The van der Waals surface area contributed by atoms with E-state index in [0.717, 1.165) is 24.1 Å². The highest BCUT2D eigenvalue weighted by atomic mass is 31.2. The lowest BCUT2D eigenvalue weighted by atomic mass is 10.2. The van der Waals surface area contributed by atoms with Crippen molar-refractivity contribution in [2.45, 2.75) is 34.1 Å². The fraction of sp³-hybridized carbons (Fsp3) is 0.368. The Bertz CT molecular complexity index is 548. The second-order valence-electron chi connectivity index (χ2n) is 6.05. The molecular weight excluding hydrogens is 291 g/mol. The summed E-state index contributed by atoms with van der Waals surface area (Å²) in [6.45, 7) is 8.61. The highest BCUT2D eigenvalue weighted by molar-refractivity contribution is 7.48. The number of hydrogen-bond acceptors (Lipinski definition) is 2. The SMILES string of the molecule is Cc1cccc(OP(CCC(C)C)Oc2cccc(C)c2)c1. The molecule has 0 amide bonds. The van der Waals surface area contributed by atoms with Crippen LogP contribution in [0.5, 0.6) is 11.5 Å². The van der Waals surface area contributed by atoms with E-state index in [9.17, 15) is 0 Å². The van der Waals surface area contributed by atoms with E-state index < -0.39 is 8.38 Å². The Hall–Kier alpha value is -1.53. The molecule has 0 aliphatic carbocycles. The molecule has 0 aliphatic heterocycles. The van der Waals surface area contributed by atoms with Gasteiger partial charge in [0, 0.05) is 6.16 Å². The Balaban J connectivity index is 2.08. The van der Waals surface area contributed by atoms with E-state index in [4.69, 9.17) is 9.05 Å². The van der Waals surface area contributed by atoms with Crippen LogP contribution in [0.15, 0.2) is 48.5 Å². The zero-order chi connectivity index (χ0) is 15.9. The summed E-state index contributed by atoms with van der Waals surface area (Å²) in [7, 11) is -0.971. The Labute approximate surface area is 135 Å². The van der Waals surface area contributed by atoms with Crippen molar-refractivity contribution in [1.29, 1.82) is 0 Å². The number of rotatable bonds is 7. The second kappa shape index (κ2) is 8.19. The molecule has 0 spiro atoms. The van der Waals surface area contributed by atoms with E-state index in [1.165, 1.54) is 11.1 Å². The maximum absolute atomic E-state index is 6.13. The van der Waals surface area contributed by atoms with E-state index >= 15 is 0 Å². The van der Waals surface area contributed by atoms with E-state index in [0.29, 0.717) is 5.92 Å². The lowest BCUT2D eigenvalue weighted by Crippen LogP contribution is -2.03. The molecule has 0 unspecified atom stereocenters. The summed E-state index contributed by atoms with van der Waals surface area (Å²) in [5.41, 5.74) is 2.40. The van der Waals surface area contributed by atoms with E-state index in [1.54, 1.807) is 0 Å². The summed E-state index contributed by atoms with van der Waals surface area (Å²) in [6.07, 6.45) is 2.04. The fourth-order valence-electron chi connectivity index (χ4n) is 2.05. The van der Waals surface area contributed by atoms with Crippen molar-refractivity contribution in [3.8, 4) is 11.5 Å². The van der Waals surface area contributed by atoms with Crippen molar-refractivity contribution in [1.82, 2.24) is 0 Å². The van der Waals surface area contributed by atoms with Gasteiger partial charge in [-0.05, 0) is 61.6 Å². The molecule has 2 rings (SSSR count). The van der Waals surface area contributed by atoms with Gasteiger partial charge in [0.25, 0.3) is 8.38 Å². The molecule has 118 valence electrons. The molecule has 3 heteroatoms. The quantitative estimate of drug-likeness (QED) is 0.573. The van der Waals surface area contributed by atoms with E-state index in [1.807, 2.05) is 24.3 Å². The first-order chi connectivity index (χ1) is 10.5. The first-order valence-corrected chi connectivity index (χ1v) is 9.16. The third kappa shape index (κ3) is 5.69. The van der Waals surface area contributed by atoms with Crippen molar-refractivity contribution >= 4 is 8.38 Å². The normalized spacial score (nSPS) is 11.0. The Kier molecular flexibility index (Phi) is 6.27. The molecule has 0 saturated heterocycles. The molecule has 2 nitrogen and oxygen atoms in total. The summed E-state index contributed by atoms with van der Waals surface area (Å²) in [6, 6.07) is 16.3. The Morgan fingerprint density at radius 1 is 0.864 bits per heavy atom. The average Bonchev–Trinajstić information content (AvgIpc) is 2.45. The topological polar surface area (TPSA) is 18.5 Å². The lowest BCUT2D eigenvalue weighted by molar-refractivity contribution is 0.479. The van der Waals surface area contributed by atoms with Gasteiger partial charge < -0.3 is 9.05 Å². The van der Waals surface area contributed by atoms with Gasteiger partial charge in [-0.2, -0.15) is 0 Å². The molecule has 0 aromatic heterocycles. The molecule has 0 fully saturated rings. The van der Waals surface area contributed by atoms with Crippen molar-refractivity contribution in [2.75, 3.05) is 6.16 Å². The standard InChI is InChI=1S/C19H25O2P/c1-15(2)11-12-22(20-18-9-5-7-16(3)13-18)21-19-10-6-8-17(4)14-19/h5-10,13-15H,11-12H2,1-4H3. The van der Waals surface area contributed by atoms with Gasteiger partial charge in [-0.15, -0.1) is 0 Å². The summed E-state index contributed by atoms with van der Waals surface area (Å²) in [5, 5.41) is 0.